The third-order valence-corrected chi connectivity index (χ3v) is 9.99. The summed E-state index contributed by atoms with van der Waals surface area (Å²) in [6.07, 6.45) is 4.32. The molecular formula is C19H28FNOSi. The first kappa shape index (κ1) is 18.2. The fourth-order valence-electron chi connectivity index (χ4n) is 3.09. The Morgan fingerprint density at radius 2 is 1.87 bits per heavy atom. The van der Waals surface area contributed by atoms with Gasteiger partial charge in [0.2, 0.25) is 0 Å². The van der Waals surface area contributed by atoms with Crippen LogP contribution in [-0.4, -0.2) is 14.4 Å². The summed E-state index contributed by atoms with van der Waals surface area (Å²) in [5.74, 6) is -0.140. The average molecular weight is 334 g/mol. The second kappa shape index (κ2) is 6.74. The molecule has 1 aromatic rings. The molecule has 1 fully saturated rings. The molecule has 0 amide bonds. The van der Waals surface area contributed by atoms with Crippen LogP contribution in [0, 0.1) is 17.1 Å². The molecule has 0 aromatic heterocycles. The molecule has 126 valence electrons. The Labute approximate surface area is 140 Å². The standard InChI is InChI=1S/C19H28FNOSi/c1-19(2,3)23(4,5)22-18-9-7-6-8-16(18)17-12-15(20)11-10-14(17)13-21/h10-12,16,18H,6-9H2,1-5H3/t16-,18+/m0/s1. The zero-order chi connectivity index (χ0) is 17.3. The van der Waals surface area contributed by atoms with Crippen LogP contribution >= 0.6 is 0 Å². The Morgan fingerprint density at radius 1 is 1.22 bits per heavy atom. The zero-order valence-corrected chi connectivity index (χ0v) is 15.9. The van der Waals surface area contributed by atoms with Crippen LogP contribution < -0.4 is 0 Å². The lowest BCUT2D eigenvalue weighted by Gasteiger charge is -2.43. The van der Waals surface area contributed by atoms with Crippen LogP contribution in [-0.2, 0) is 4.43 Å². The molecule has 2 rings (SSSR count). The number of nitrogens with zero attached hydrogens (tertiary/aromatic N) is 1. The summed E-state index contributed by atoms with van der Waals surface area (Å²) < 4.78 is 20.4. The molecule has 0 unspecified atom stereocenters. The van der Waals surface area contributed by atoms with Gasteiger partial charge >= 0.3 is 0 Å². The van der Waals surface area contributed by atoms with Crippen LogP contribution in [0.1, 0.15) is 63.5 Å². The summed E-state index contributed by atoms with van der Waals surface area (Å²) in [5, 5.41) is 9.53. The second-order valence-electron chi connectivity index (χ2n) is 8.15. The van der Waals surface area contributed by atoms with Crippen molar-refractivity contribution in [2.45, 2.75) is 76.6 Å². The molecule has 2 atom stereocenters. The number of hydrogen-bond donors (Lipinski definition) is 0. The molecule has 0 saturated heterocycles. The predicted molar refractivity (Wildman–Crippen MR) is 94.4 cm³/mol. The minimum atomic E-state index is -1.88. The maximum Gasteiger partial charge on any atom is 0.192 e. The molecular weight excluding hydrogens is 305 g/mol. The monoisotopic (exact) mass is 333 g/mol. The van der Waals surface area contributed by atoms with E-state index in [-0.39, 0.29) is 22.9 Å². The van der Waals surface area contributed by atoms with Gasteiger partial charge in [-0.05, 0) is 54.7 Å². The van der Waals surface area contributed by atoms with Crippen molar-refractivity contribution in [3.63, 3.8) is 0 Å². The summed E-state index contributed by atoms with van der Waals surface area (Å²) in [6.45, 7) is 11.2. The maximum atomic E-state index is 13.8. The van der Waals surface area contributed by atoms with E-state index in [0.717, 1.165) is 31.2 Å². The van der Waals surface area contributed by atoms with Gasteiger partial charge < -0.3 is 4.43 Å². The lowest BCUT2D eigenvalue weighted by molar-refractivity contribution is 0.114. The highest BCUT2D eigenvalue weighted by Crippen LogP contribution is 2.43. The van der Waals surface area contributed by atoms with Crippen LogP contribution in [0.4, 0.5) is 4.39 Å². The minimum absolute atomic E-state index is 0.0959. The van der Waals surface area contributed by atoms with Crippen molar-refractivity contribution >= 4 is 8.32 Å². The van der Waals surface area contributed by atoms with Crippen molar-refractivity contribution < 1.29 is 8.82 Å². The number of nitriles is 1. The van der Waals surface area contributed by atoms with Gasteiger partial charge in [0.25, 0.3) is 0 Å². The van der Waals surface area contributed by atoms with Crippen LogP contribution in [0.15, 0.2) is 18.2 Å². The summed E-state index contributed by atoms with van der Waals surface area (Å²) in [4.78, 5) is 0. The largest absolute Gasteiger partial charge is 0.413 e. The molecule has 1 aliphatic rings. The molecule has 0 bridgehead atoms. The van der Waals surface area contributed by atoms with E-state index in [1.165, 1.54) is 12.1 Å². The van der Waals surface area contributed by atoms with Gasteiger partial charge in [-0.2, -0.15) is 5.26 Å². The quantitative estimate of drug-likeness (QED) is 0.660. The van der Waals surface area contributed by atoms with Crippen molar-refractivity contribution in [1.29, 1.82) is 5.26 Å². The number of halogens is 1. The third kappa shape index (κ3) is 4.02. The first-order chi connectivity index (χ1) is 10.7. The topological polar surface area (TPSA) is 33.0 Å². The van der Waals surface area contributed by atoms with Crippen molar-refractivity contribution in [3.8, 4) is 6.07 Å². The highest BCUT2D eigenvalue weighted by atomic mass is 28.4. The molecule has 0 spiro atoms. The minimum Gasteiger partial charge on any atom is -0.413 e. The molecule has 1 aliphatic carbocycles. The fourth-order valence-corrected chi connectivity index (χ4v) is 4.48. The molecule has 4 heteroatoms. The van der Waals surface area contributed by atoms with Crippen molar-refractivity contribution in [1.82, 2.24) is 0 Å². The number of benzene rings is 1. The van der Waals surface area contributed by atoms with Gasteiger partial charge in [-0.3, -0.25) is 0 Å². The fraction of sp³-hybridized carbons (Fsp3) is 0.632. The van der Waals surface area contributed by atoms with Crippen LogP contribution in [0.3, 0.4) is 0 Å². The Morgan fingerprint density at radius 3 is 2.48 bits per heavy atom. The molecule has 1 saturated carbocycles. The normalized spacial score (nSPS) is 22.7. The zero-order valence-electron chi connectivity index (χ0n) is 14.9. The average Bonchev–Trinajstić information content (AvgIpc) is 2.46. The van der Waals surface area contributed by atoms with E-state index in [1.807, 2.05) is 0 Å². The Balaban J connectivity index is 2.33. The van der Waals surface area contributed by atoms with Gasteiger partial charge in [-0.15, -0.1) is 0 Å². The van der Waals surface area contributed by atoms with Gasteiger partial charge in [0, 0.05) is 5.92 Å². The Hall–Kier alpha value is -1.18. The van der Waals surface area contributed by atoms with Gasteiger partial charge in [0.05, 0.1) is 17.7 Å². The number of hydrogen-bond acceptors (Lipinski definition) is 2. The first-order valence-corrected chi connectivity index (χ1v) is 11.4. The van der Waals surface area contributed by atoms with E-state index in [0.29, 0.717) is 5.56 Å². The van der Waals surface area contributed by atoms with Crippen molar-refractivity contribution in [3.05, 3.63) is 35.1 Å². The van der Waals surface area contributed by atoms with E-state index in [1.54, 1.807) is 6.07 Å². The smallest absolute Gasteiger partial charge is 0.192 e. The van der Waals surface area contributed by atoms with Gasteiger partial charge in [0.15, 0.2) is 8.32 Å². The van der Waals surface area contributed by atoms with Gasteiger partial charge in [0.1, 0.15) is 5.82 Å². The van der Waals surface area contributed by atoms with Crippen LogP contribution in [0.2, 0.25) is 18.1 Å². The van der Waals surface area contributed by atoms with Gasteiger partial charge in [-0.25, -0.2) is 4.39 Å². The van der Waals surface area contributed by atoms with E-state index >= 15 is 0 Å². The van der Waals surface area contributed by atoms with E-state index in [2.05, 4.69) is 39.9 Å². The van der Waals surface area contributed by atoms with Crippen LogP contribution in [0.25, 0.3) is 0 Å². The predicted octanol–water partition coefficient (Wildman–Crippen LogP) is 5.75. The Kier molecular flexibility index (Phi) is 5.32. The summed E-state index contributed by atoms with van der Waals surface area (Å²) in [7, 11) is -1.88. The molecule has 1 aromatic carbocycles. The lowest BCUT2D eigenvalue weighted by atomic mass is 9.80. The molecule has 0 N–H and O–H groups in total. The molecule has 0 heterocycles. The SMILES string of the molecule is CC(C)(C)[Si](C)(C)O[C@@H]1CCCC[C@H]1c1cc(F)ccc1C#N. The van der Waals surface area contributed by atoms with Crippen LogP contribution in [0.5, 0.6) is 0 Å². The highest BCUT2D eigenvalue weighted by molar-refractivity contribution is 6.74. The van der Waals surface area contributed by atoms with Crippen molar-refractivity contribution in [2.75, 3.05) is 0 Å². The highest BCUT2D eigenvalue weighted by Gasteiger charge is 2.41. The molecule has 23 heavy (non-hydrogen) atoms. The summed E-state index contributed by atoms with van der Waals surface area (Å²) in [5.41, 5.74) is 1.41. The van der Waals surface area contributed by atoms with Gasteiger partial charge in [-0.1, -0.05) is 33.6 Å². The third-order valence-electron chi connectivity index (χ3n) is 5.49. The molecule has 0 aliphatic heterocycles. The molecule has 0 radical (unpaired) electrons. The van der Waals surface area contributed by atoms with E-state index in [4.69, 9.17) is 4.43 Å². The van der Waals surface area contributed by atoms with Crippen molar-refractivity contribution in [2.24, 2.45) is 0 Å². The van der Waals surface area contributed by atoms with E-state index < -0.39 is 8.32 Å². The van der Waals surface area contributed by atoms with E-state index in [9.17, 15) is 9.65 Å². The summed E-state index contributed by atoms with van der Waals surface area (Å²) in [6, 6.07) is 6.73. The maximum absolute atomic E-state index is 13.8. The Bertz CT molecular complexity index is 600. The molecule has 2 nitrogen and oxygen atoms in total. The summed E-state index contributed by atoms with van der Waals surface area (Å²) >= 11 is 0. The lowest BCUT2D eigenvalue weighted by Crippen LogP contribution is -2.46. The second-order valence-corrected chi connectivity index (χ2v) is 12.9. The first-order valence-electron chi connectivity index (χ1n) is 8.53. The number of rotatable bonds is 3.